The van der Waals surface area contributed by atoms with Gasteiger partial charge in [0.2, 0.25) is 0 Å². The number of carbonyl (C=O) groups is 1. The van der Waals surface area contributed by atoms with Gasteiger partial charge in [-0.3, -0.25) is 0 Å². The van der Waals surface area contributed by atoms with Crippen LogP contribution in [0.5, 0.6) is 0 Å². The maximum absolute atomic E-state index is 11.6. The van der Waals surface area contributed by atoms with E-state index in [9.17, 15) is 4.79 Å². The van der Waals surface area contributed by atoms with Gasteiger partial charge in [0.15, 0.2) is 0 Å². The average molecular weight is 246 g/mol. The molecule has 0 spiro atoms. The van der Waals surface area contributed by atoms with Crippen LogP contribution in [0.1, 0.15) is 6.42 Å². The normalized spacial score (nSPS) is 15.9. The number of amides is 2. The Morgan fingerprint density at radius 2 is 2.06 bits per heavy atom. The van der Waals surface area contributed by atoms with Crippen molar-refractivity contribution in [2.45, 2.75) is 6.42 Å². The van der Waals surface area contributed by atoms with Gasteiger partial charge in [-0.2, -0.15) is 0 Å². The van der Waals surface area contributed by atoms with Crippen LogP contribution in [0.2, 0.25) is 0 Å². The molecule has 0 bridgehead atoms. The molecule has 1 aliphatic heterocycles. The van der Waals surface area contributed by atoms with Crippen molar-refractivity contribution in [3.63, 3.8) is 0 Å². The van der Waals surface area contributed by atoms with Gasteiger partial charge in [0.05, 0.1) is 26.4 Å². The number of hydrogen-bond acceptors (Lipinski definition) is 4. The highest BCUT2D eigenvalue weighted by molar-refractivity contribution is 5.74. The van der Waals surface area contributed by atoms with Crippen molar-refractivity contribution in [3.8, 4) is 0 Å². The van der Waals surface area contributed by atoms with Gasteiger partial charge in [-0.15, -0.1) is 0 Å². The lowest BCUT2D eigenvalue weighted by atomic mass is 10.4. The molecule has 0 saturated carbocycles. The third-order valence-corrected chi connectivity index (χ3v) is 2.47. The van der Waals surface area contributed by atoms with Gasteiger partial charge in [-0.05, 0) is 6.42 Å². The number of methoxy groups -OCH3 is 1. The topological polar surface area (TPSA) is 60.0 Å². The highest BCUT2D eigenvalue weighted by atomic mass is 16.5. The molecule has 1 fully saturated rings. The third kappa shape index (κ3) is 6.45. The van der Waals surface area contributed by atoms with Crippen molar-refractivity contribution in [2.75, 3.05) is 59.8 Å². The van der Waals surface area contributed by atoms with Gasteiger partial charge in [-0.25, -0.2) is 4.79 Å². The number of morpholine rings is 1. The summed E-state index contributed by atoms with van der Waals surface area (Å²) in [6.07, 6.45) is 0.819. The first-order chi connectivity index (χ1) is 8.34. The second-order valence-electron chi connectivity index (χ2n) is 3.79. The van der Waals surface area contributed by atoms with E-state index in [2.05, 4.69) is 5.32 Å². The van der Waals surface area contributed by atoms with Crippen molar-refractivity contribution >= 4 is 6.03 Å². The summed E-state index contributed by atoms with van der Waals surface area (Å²) in [4.78, 5) is 13.4. The Hall–Kier alpha value is -0.850. The quantitative estimate of drug-likeness (QED) is 0.646. The molecule has 100 valence electrons. The van der Waals surface area contributed by atoms with E-state index >= 15 is 0 Å². The third-order valence-electron chi connectivity index (χ3n) is 2.47. The molecule has 2 amide bonds. The van der Waals surface area contributed by atoms with Gasteiger partial charge < -0.3 is 24.4 Å². The van der Waals surface area contributed by atoms with Crippen molar-refractivity contribution in [1.29, 1.82) is 0 Å². The summed E-state index contributed by atoms with van der Waals surface area (Å²) in [6.45, 7) is 5.12. The van der Waals surface area contributed by atoms with Gasteiger partial charge >= 0.3 is 6.03 Å². The van der Waals surface area contributed by atoms with E-state index in [-0.39, 0.29) is 6.03 Å². The highest BCUT2D eigenvalue weighted by Gasteiger charge is 2.15. The van der Waals surface area contributed by atoms with Crippen LogP contribution in [0.4, 0.5) is 4.79 Å². The van der Waals surface area contributed by atoms with E-state index in [4.69, 9.17) is 14.2 Å². The van der Waals surface area contributed by atoms with Gasteiger partial charge in [0.25, 0.3) is 0 Å². The molecule has 0 aromatic heterocycles. The Bertz CT molecular complexity index is 208. The van der Waals surface area contributed by atoms with Crippen molar-refractivity contribution in [2.24, 2.45) is 0 Å². The molecule has 0 radical (unpaired) electrons. The first-order valence-corrected chi connectivity index (χ1v) is 6.02. The zero-order chi connectivity index (χ0) is 12.3. The van der Waals surface area contributed by atoms with Crippen LogP contribution in [0.3, 0.4) is 0 Å². The number of urea groups is 1. The van der Waals surface area contributed by atoms with Gasteiger partial charge in [0, 0.05) is 33.4 Å². The summed E-state index contributed by atoms with van der Waals surface area (Å²) in [7, 11) is 1.64. The lowest BCUT2D eigenvalue weighted by Gasteiger charge is -2.26. The molecule has 0 aromatic rings. The molecule has 1 saturated heterocycles. The van der Waals surface area contributed by atoms with E-state index in [0.717, 1.165) is 6.42 Å². The number of carbonyl (C=O) groups excluding carboxylic acids is 1. The highest BCUT2D eigenvalue weighted by Crippen LogP contribution is 1.96. The molecule has 1 rings (SSSR count). The number of nitrogens with one attached hydrogen (secondary N) is 1. The maximum Gasteiger partial charge on any atom is 0.317 e. The predicted molar refractivity (Wildman–Crippen MR) is 63.1 cm³/mol. The minimum Gasteiger partial charge on any atom is -0.382 e. The van der Waals surface area contributed by atoms with E-state index in [1.54, 1.807) is 12.0 Å². The SMILES string of the molecule is COCCOCCCNC(=O)N1CCOCC1. The zero-order valence-corrected chi connectivity index (χ0v) is 10.4. The fourth-order valence-corrected chi connectivity index (χ4v) is 1.49. The molecule has 0 unspecified atom stereocenters. The van der Waals surface area contributed by atoms with Crippen molar-refractivity contribution in [3.05, 3.63) is 0 Å². The number of rotatable bonds is 7. The molecule has 17 heavy (non-hydrogen) atoms. The molecular formula is C11H22N2O4. The Balaban J connectivity index is 1.92. The molecule has 6 heteroatoms. The number of nitrogens with zero attached hydrogens (tertiary/aromatic N) is 1. The Morgan fingerprint density at radius 3 is 2.76 bits per heavy atom. The molecule has 6 nitrogen and oxygen atoms in total. The first kappa shape index (κ1) is 14.2. The van der Waals surface area contributed by atoms with Crippen LogP contribution in [0.15, 0.2) is 0 Å². The molecule has 0 atom stereocenters. The van der Waals surface area contributed by atoms with Crippen LogP contribution < -0.4 is 5.32 Å². The number of ether oxygens (including phenoxy) is 3. The predicted octanol–water partition coefficient (Wildman–Crippen LogP) is 0.0813. The zero-order valence-electron chi connectivity index (χ0n) is 10.4. The summed E-state index contributed by atoms with van der Waals surface area (Å²) in [5.74, 6) is 0. The minimum atomic E-state index is -0.00908. The summed E-state index contributed by atoms with van der Waals surface area (Å²) in [5.41, 5.74) is 0. The van der Waals surface area contributed by atoms with Crippen molar-refractivity contribution < 1.29 is 19.0 Å². The summed E-state index contributed by atoms with van der Waals surface area (Å²) >= 11 is 0. The molecule has 0 aromatic carbocycles. The summed E-state index contributed by atoms with van der Waals surface area (Å²) in [5, 5.41) is 2.86. The minimum absolute atomic E-state index is 0.00908. The Morgan fingerprint density at radius 1 is 1.29 bits per heavy atom. The van der Waals surface area contributed by atoms with Crippen molar-refractivity contribution in [1.82, 2.24) is 10.2 Å². The van der Waals surface area contributed by atoms with E-state index in [0.29, 0.717) is 52.7 Å². The Kier molecular flexibility index (Phi) is 7.70. The van der Waals surface area contributed by atoms with Crippen LogP contribution in [-0.2, 0) is 14.2 Å². The smallest absolute Gasteiger partial charge is 0.317 e. The Labute approximate surface area is 102 Å². The second kappa shape index (κ2) is 9.21. The lowest BCUT2D eigenvalue weighted by Crippen LogP contribution is -2.46. The summed E-state index contributed by atoms with van der Waals surface area (Å²) < 4.78 is 15.3. The number of hydrogen-bond donors (Lipinski definition) is 1. The van der Waals surface area contributed by atoms with Crippen LogP contribution >= 0.6 is 0 Å². The lowest BCUT2D eigenvalue weighted by molar-refractivity contribution is 0.0524. The monoisotopic (exact) mass is 246 g/mol. The molecule has 1 heterocycles. The summed E-state index contributed by atoms with van der Waals surface area (Å²) in [6, 6.07) is -0.00908. The van der Waals surface area contributed by atoms with E-state index in [1.165, 1.54) is 0 Å². The molecule has 1 N–H and O–H groups in total. The van der Waals surface area contributed by atoms with Crippen LogP contribution in [0.25, 0.3) is 0 Å². The van der Waals surface area contributed by atoms with E-state index < -0.39 is 0 Å². The van der Waals surface area contributed by atoms with Gasteiger partial charge in [0.1, 0.15) is 0 Å². The maximum atomic E-state index is 11.6. The second-order valence-corrected chi connectivity index (χ2v) is 3.79. The van der Waals surface area contributed by atoms with E-state index in [1.807, 2.05) is 0 Å². The van der Waals surface area contributed by atoms with Gasteiger partial charge in [-0.1, -0.05) is 0 Å². The average Bonchev–Trinajstić information content (AvgIpc) is 2.38. The fraction of sp³-hybridized carbons (Fsp3) is 0.909. The van der Waals surface area contributed by atoms with Crippen LogP contribution in [-0.4, -0.2) is 70.7 Å². The first-order valence-electron chi connectivity index (χ1n) is 6.02. The molecule has 0 aliphatic carbocycles. The standard InChI is InChI=1S/C11H22N2O4/c1-15-9-10-16-6-2-3-12-11(14)13-4-7-17-8-5-13/h2-10H2,1H3,(H,12,14). The molecular weight excluding hydrogens is 224 g/mol. The largest absolute Gasteiger partial charge is 0.382 e. The van der Waals surface area contributed by atoms with Crippen LogP contribution in [0, 0.1) is 0 Å². The molecule has 1 aliphatic rings. The fourth-order valence-electron chi connectivity index (χ4n) is 1.49.